The number of nitrogen functional groups attached to an aromatic ring is 1. The Morgan fingerprint density at radius 2 is 2.00 bits per heavy atom. The van der Waals surface area contributed by atoms with Crippen LogP contribution in [0.1, 0.15) is 43.4 Å². The minimum absolute atomic E-state index is 0.0350. The largest absolute Gasteiger partial charge is 0.389 e. The summed E-state index contributed by atoms with van der Waals surface area (Å²) in [6, 6.07) is 4.93. The molecule has 2 aliphatic rings. The number of anilines is 2. The molecule has 0 aliphatic carbocycles. The molecule has 0 unspecified atom stereocenters. The Morgan fingerprint density at radius 1 is 1.23 bits per heavy atom. The minimum Gasteiger partial charge on any atom is -0.389 e. The fourth-order valence-corrected chi connectivity index (χ4v) is 6.56. The van der Waals surface area contributed by atoms with Crippen LogP contribution in [0.3, 0.4) is 0 Å². The van der Waals surface area contributed by atoms with Gasteiger partial charge in [-0.05, 0) is 29.7 Å². The van der Waals surface area contributed by atoms with Gasteiger partial charge in [0.1, 0.15) is 22.4 Å². The van der Waals surface area contributed by atoms with Crippen molar-refractivity contribution >= 4 is 43.3 Å². The molecule has 4 aromatic rings. The van der Waals surface area contributed by atoms with Gasteiger partial charge in [-0.25, -0.2) is 18.7 Å². The highest BCUT2D eigenvalue weighted by molar-refractivity contribution is 7.23. The fraction of sp³-hybridized carbons (Fsp3) is 0.346. The molecule has 1 saturated heterocycles. The van der Waals surface area contributed by atoms with E-state index in [2.05, 4.69) is 29.9 Å². The molecule has 0 amide bonds. The normalized spacial score (nSPS) is 16.5. The van der Waals surface area contributed by atoms with Crippen LogP contribution in [0.25, 0.3) is 32.1 Å². The SMILES string of the molecule is CCCC1(C)CN(c2ncc3c4c(c(-c5c(F)ccc6sc(N)c(C#N)c56)c(F)c3n2)COC4)C1. The van der Waals surface area contributed by atoms with Gasteiger partial charge in [-0.3, -0.25) is 0 Å². The number of ether oxygens (including phenoxy) is 1. The Bertz CT molecular complexity index is 1570. The van der Waals surface area contributed by atoms with Crippen LogP contribution in [0.2, 0.25) is 0 Å². The van der Waals surface area contributed by atoms with Gasteiger partial charge in [0, 0.05) is 51.3 Å². The molecule has 0 saturated carbocycles. The first kappa shape index (κ1) is 22.1. The van der Waals surface area contributed by atoms with Crippen molar-refractivity contribution in [2.75, 3.05) is 23.7 Å². The van der Waals surface area contributed by atoms with Crippen LogP contribution < -0.4 is 10.6 Å². The Morgan fingerprint density at radius 3 is 2.74 bits per heavy atom. The molecule has 35 heavy (non-hydrogen) atoms. The van der Waals surface area contributed by atoms with Gasteiger partial charge in [-0.2, -0.15) is 5.26 Å². The summed E-state index contributed by atoms with van der Waals surface area (Å²) in [7, 11) is 0. The molecule has 0 atom stereocenters. The molecule has 1 fully saturated rings. The van der Waals surface area contributed by atoms with Crippen LogP contribution in [-0.4, -0.2) is 23.1 Å². The van der Waals surface area contributed by atoms with E-state index >= 15 is 8.78 Å². The maximum absolute atomic E-state index is 16.4. The molecule has 2 N–H and O–H groups in total. The summed E-state index contributed by atoms with van der Waals surface area (Å²) in [6.45, 7) is 6.41. The molecule has 6 rings (SSSR count). The Hall–Kier alpha value is -3.35. The summed E-state index contributed by atoms with van der Waals surface area (Å²) >= 11 is 1.19. The van der Waals surface area contributed by atoms with Crippen molar-refractivity contribution in [3.05, 3.63) is 46.7 Å². The Kier molecular flexibility index (Phi) is 4.95. The predicted molar refractivity (Wildman–Crippen MR) is 133 cm³/mol. The summed E-state index contributed by atoms with van der Waals surface area (Å²) in [5.41, 5.74) is 7.98. The molecule has 2 aromatic carbocycles. The van der Waals surface area contributed by atoms with Crippen LogP contribution >= 0.6 is 11.3 Å². The monoisotopic (exact) mass is 491 g/mol. The van der Waals surface area contributed by atoms with E-state index in [1.807, 2.05) is 4.90 Å². The number of nitrogens with zero attached hydrogens (tertiary/aromatic N) is 4. The minimum atomic E-state index is -0.634. The molecule has 0 bridgehead atoms. The first-order valence-electron chi connectivity index (χ1n) is 11.6. The van der Waals surface area contributed by atoms with Crippen molar-refractivity contribution in [3.8, 4) is 17.2 Å². The highest BCUT2D eigenvalue weighted by Crippen LogP contribution is 2.46. The molecule has 2 aliphatic heterocycles. The highest BCUT2D eigenvalue weighted by atomic mass is 32.1. The quantitative estimate of drug-likeness (QED) is 0.382. The predicted octanol–water partition coefficient (Wildman–Crippen LogP) is 5.90. The topological polar surface area (TPSA) is 88.1 Å². The standard InChI is InChI=1S/C26H23F2N5OS/c1-3-6-26(2)11-33(12-26)25-31-8-14-15-9-34-10-16(15)20(22(28)23(14)32-25)21-17(27)4-5-18-19(21)13(7-29)24(30)35-18/h4-5,8H,3,6,9-12,30H2,1-2H3. The van der Waals surface area contributed by atoms with Gasteiger partial charge in [0.05, 0.1) is 18.8 Å². The lowest BCUT2D eigenvalue weighted by Crippen LogP contribution is -2.55. The molecular formula is C26H23F2N5OS. The van der Waals surface area contributed by atoms with E-state index in [0.29, 0.717) is 27.0 Å². The third-order valence-electron chi connectivity index (χ3n) is 7.16. The summed E-state index contributed by atoms with van der Waals surface area (Å²) in [6.07, 6.45) is 3.85. The first-order chi connectivity index (χ1) is 16.8. The molecule has 4 heterocycles. The number of nitrogens with two attached hydrogens (primary N) is 1. The number of fused-ring (bicyclic) bond motifs is 4. The number of halogens is 2. The maximum atomic E-state index is 16.4. The number of nitriles is 1. The van der Waals surface area contributed by atoms with Crippen LogP contribution in [0.5, 0.6) is 0 Å². The van der Waals surface area contributed by atoms with Crippen molar-refractivity contribution < 1.29 is 13.5 Å². The molecule has 178 valence electrons. The highest BCUT2D eigenvalue weighted by Gasteiger charge is 2.39. The third kappa shape index (κ3) is 3.20. The van der Waals surface area contributed by atoms with E-state index in [1.165, 1.54) is 17.4 Å². The van der Waals surface area contributed by atoms with Gasteiger partial charge >= 0.3 is 0 Å². The maximum Gasteiger partial charge on any atom is 0.226 e. The lowest BCUT2D eigenvalue weighted by molar-refractivity contribution is 0.135. The molecule has 0 spiro atoms. The van der Waals surface area contributed by atoms with E-state index in [4.69, 9.17) is 10.5 Å². The lowest BCUT2D eigenvalue weighted by Gasteiger charge is -2.48. The number of thiophene rings is 1. The molecule has 9 heteroatoms. The summed E-state index contributed by atoms with van der Waals surface area (Å²) in [4.78, 5) is 11.2. The van der Waals surface area contributed by atoms with Crippen molar-refractivity contribution in [2.24, 2.45) is 5.41 Å². The van der Waals surface area contributed by atoms with E-state index in [0.717, 1.165) is 31.5 Å². The zero-order valence-electron chi connectivity index (χ0n) is 19.4. The van der Waals surface area contributed by atoms with Crippen LogP contribution in [0.15, 0.2) is 18.3 Å². The van der Waals surface area contributed by atoms with Gasteiger partial charge in [0.15, 0.2) is 5.82 Å². The molecule has 6 nitrogen and oxygen atoms in total. The number of rotatable bonds is 4. The fourth-order valence-electron chi connectivity index (χ4n) is 5.64. The van der Waals surface area contributed by atoms with Gasteiger partial charge in [-0.15, -0.1) is 11.3 Å². The van der Waals surface area contributed by atoms with E-state index in [1.54, 1.807) is 12.3 Å². The van der Waals surface area contributed by atoms with Crippen molar-refractivity contribution in [1.29, 1.82) is 5.26 Å². The van der Waals surface area contributed by atoms with Gasteiger partial charge in [-0.1, -0.05) is 20.3 Å². The van der Waals surface area contributed by atoms with Gasteiger partial charge in [0.2, 0.25) is 5.95 Å². The Labute approximate surface area is 205 Å². The average Bonchev–Trinajstić information content (AvgIpc) is 3.42. The Balaban J connectivity index is 1.59. The summed E-state index contributed by atoms with van der Waals surface area (Å²) < 4.78 is 38.1. The van der Waals surface area contributed by atoms with Crippen LogP contribution in [-0.2, 0) is 18.0 Å². The first-order valence-corrected chi connectivity index (χ1v) is 12.4. The second kappa shape index (κ2) is 7.83. The van der Waals surface area contributed by atoms with Gasteiger partial charge in [0.25, 0.3) is 0 Å². The van der Waals surface area contributed by atoms with E-state index in [-0.39, 0.29) is 45.8 Å². The van der Waals surface area contributed by atoms with E-state index in [9.17, 15) is 5.26 Å². The zero-order valence-corrected chi connectivity index (χ0v) is 20.2. The van der Waals surface area contributed by atoms with E-state index < -0.39 is 11.6 Å². The number of hydrogen-bond acceptors (Lipinski definition) is 7. The van der Waals surface area contributed by atoms with Crippen LogP contribution in [0.4, 0.5) is 19.7 Å². The molecule has 2 aromatic heterocycles. The number of hydrogen-bond donors (Lipinski definition) is 1. The zero-order chi connectivity index (χ0) is 24.5. The van der Waals surface area contributed by atoms with Crippen molar-refractivity contribution in [3.63, 3.8) is 0 Å². The van der Waals surface area contributed by atoms with Gasteiger partial charge < -0.3 is 15.4 Å². The average molecular weight is 492 g/mol. The summed E-state index contributed by atoms with van der Waals surface area (Å²) in [5.74, 6) is -0.790. The summed E-state index contributed by atoms with van der Waals surface area (Å²) in [5, 5.41) is 10.9. The molecular weight excluding hydrogens is 468 g/mol. The second-order valence-corrected chi connectivity index (χ2v) is 10.8. The number of benzene rings is 2. The second-order valence-electron chi connectivity index (χ2n) is 9.74. The smallest absolute Gasteiger partial charge is 0.226 e. The molecule has 0 radical (unpaired) electrons. The van der Waals surface area contributed by atoms with Crippen LogP contribution in [0, 0.1) is 28.4 Å². The van der Waals surface area contributed by atoms with Crippen molar-refractivity contribution in [1.82, 2.24) is 9.97 Å². The van der Waals surface area contributed by atoms with Crippen molar-refractivity contribution in [2.45, 2.75) is 39.9 Å². The lowest BCUT2D eigenvalue weighted by atomic mass is 9.78. The number of aromatic nitrogens is 2. The third-order valence-corrected chi connectivity index (χ3v) is 8.15.